The number of thiazole rings is 1. The Kier molecular flexibility index (Phi) is 8.49. The maximum absolute atomic E-state index is 12.5. The zero-order chi connectivity index (χ0) is 20.4. The monoisotopic (exact) mass is 414 g/mol. The van der Waals surface area contributed by atoms with E-state index in [0.717, 1.165) is 43.1 Å². The average Bonchev–Trinajstić information content (AvgIpc) is 3.14. The molecule has 2 aromatic heterocycles. The van der Waals surface area contributed by atoms with Gasteiger partial charge in [0.25, 0.3) is 0 Å². The number of aryl methyl sites for hydroxylation is 1. The van der Waals surface area contributed by atoms with Crippen molar-refractivity contribution in [1.29, 1.82) is 0 Å². The fourth-order valence-corrected chi connectivity index (χ4v) is 3.18. The van der Waals surface area contributed by atoms with Gasteiger partial charge in [-0.2, -0.15) is 13.2 Å². The number of nitrogens with zero attached hydrogens (tertiary/aromatic N) is 3. The SMILES string of the molecule is CCc1cnc(CCNC(=NC)NCCCNc2ccc(C(F)(F)F)cn2)s1. The summed E-state index contributed by atoms with van der Waals surface area (Å²) < 4.78 is 37.5. The molecule has 2 heterocycles. The van der Waals surface area contributed by atoms with Crippen molar-refractivity contribution < 1.29 is 13.2 Å². The first kappa shape index (κ1) is 21.9. The van der Waals surface area contributed by atoms with Gasteiger partial charge >= 0.3 is 6.18 Å². The smallest absolute Gasteiger partial charge is 0.370 e. The standard InChI is InChI=1S/C18H25F3N6S/c1-3-14-12-27-16(28-14)7-10-25-17(22-2)24-9-4-8-23-15-6-5-13(11-26-15)18(19,20)21/h5-6,11-12H,3-4,7-10H2,1-2H3,(H,23,26)(H2,22,24,25). The van der Waals surface area contributed by atoms with Crippen LogP contribution in [0.4, 0.5) is 19.0 Å². The second kappa shape index (κ2) is 10.8. The first-order chi connectivity index (χ1) is 13.4. The largest absolute Gasteiger partial charge is 0.417 e. The Bertz CT molecular complexity index is 743. The van der Waals surface area contributed by atoms with E-state index in [1.807, 2.05) is 6.20 Å². The van der Waals surface area contributed by atoms with Crippen LogP contribution in [-0.4, -0.2) is 42.6 Å². The lowest BCUT2D eigenvalue weighted by atomic mass is 10.3. The first-order valence-electron chi connectivity index (χ1n) is 9.07. The van der Waals surface area contributed by atoms with E-state index in [2.05, 4.69) is 37.8 Å². The third kappa shape index (κ3) is 7.34. The molecule has 2 aromatic rings. The van der Waals surface area contributed by atoms with Crippen LogP contribution in [0.25, 0.3) is 0 Å². The summed E-state index contributed by atoms with van der Waals surface area (Å²) in [6, 6.07) is 2.35. The van der Waals surface area contributed by atoms with Crippen molar-refractivity contribution in [1.82, 2.24) is 20.6 Å². The van der Waals surface area contributed by atoms with E-state index in [1.165, 1.54) is 10.9 Å². The van der Waals surface area contributed by atoms with Crippen molar-refractivity contribution in [3.63, 3.8) is 0 Å². The zero-order valence-electron chi connectivity index (χ0n) is 15.9. The third-order valence-electron chi connectivity index (χ3n) is 3.85. The Morgan fingerprint density at radius 3 is 2.50 bits per heavy atom. The van der Waals surface area contributed by atoms with Gasteiger partial charge in [0.05, 0.1) is 10.6 Å². The summed E-state index contributed by atoms with van der Waals surface area (Å²) in [5, 5.41) is 10.5. The maximum Gasteiger partial charge on any atom is 0.417 e. The second-order valence-corrected chi connectivity index (χ2v) is 7.16. The summed E-state index contributed by atoms with van der Waals surface area (Å²) in [4.78, 5) is 13.6. The van der Waals surface area contributed by atoms with E-state index in [9.17, 15) is 13.2 Å². The summed E-state index contributed by atoms with van der Waals surface area (Å²) in [5.41, 5.74) is -0.752. The van der Waals surface area contributed by atoms with Crippen LogP contribution in [0.3, 0.4) is 0 Å². The van der Waals surface area contributed by atoms with Gasteiger partial charge < -0.3 is 16.0 Å². The average molecular weight is 415 g/mol. The van der Waals surface area contributed by atoms with Crippen molar-refractivity contribution >= 4 is 23.1 Å². The van der Waals surface area contributed by atoms with Crippen LogP contribution in [0.1, 0.15) is 28.8 Å². The van der Waals surface area contributed by atoms with Crippen molar-refractivity contribution in [3.8, 4) is 0 Å². The molecule has 0 aromatic carbocycles. The van der Waals surface area contributed by atoms with Gasteiger partial charge in [0.15, 0.2) is 5.96 Å². The first-order valence-corrected chi connectivity index (χ1v) is 9.89. The summed E-state index contributed by atoms with van der Waals surface area (Å²) in [6.45, 7) is 4.11. The maximum atomic E-state index is 12.5. The third-order valence-corrected chi connectivity index (χ3v) is 5.05. The molecule has 0 unspecified atom stereocenters. The van der Waals surface area contributed by atoms with Gasteiger partial charge in [-0.25, -0.2) is 9.97 Å². The van der Waals surface area contributed by atoms with Gasteiger partial charge in [0, 0.05) is 50.4 Å². The molecular weight excluding hydrogens is 389 g/mol. The van der Waals surface area contributed by atoms with E-state index >= 15 is 0 Å². The lowest BCUT2D eigenvalue weighted by Crippen LogP contribution is -2.39. The van der Waals surface area contributed by atoms with Gasteiger partial charge in [-0.15, -0.1) is 11.3 Å². The molecule has 0 bridgehead atoms. The predicted octanol–water partition coefficient (Wildman–Crippen LogP) is 3.33. The van der Waals surface area contributed by atoms with E-state index in [0.29, 0.717) is 24.9 Å². The van der Waals surface area contributed by atoms with Crippen LogP contribution in [0.2, 0.25) is 0 Å². The van der Waals surface area contributed by atoms with Crippen molar-refractivity contribution in [2.45, 2.75) is 32.4 Å². The van der Waals surface area contributed by atoms with Crippen LogP contribution in [0.5, 0.6) is 0 Å². The Morgan fingerprint density at radius 1 is 1.11 bits per heavy atom. The Hall–Kier alpha value is -2.36. The van der Waals surface area contributed by atoms with Gasteiger partial charge in [-0.3, -0.25) is 4.99 Å². The highest BCUT2D eigenvalue weighted by molar-refractivity contribution is 7.11. The summed E-state index contributed by atoms with van der Waals surface area (Å²) >= 11 is 1.73. The van der Waals surface area contributed by atoms with Crippen LogP contribution in [0, 0.1) is 0 Å². The molecule has 0 saturated heterocycles. The summed E-state index contributed by atoms with van der Waals surface area (Å²) in [6.07, 6.45) is 0.993. The number of aromatic nitrogens is 2. The number of hydrogen-bond donors (Lipinski definition) is 3. The fraction of sp³-hybridized carbons (Fsp3) is 0.500. The molecule has 10 heteroatoms. The summed E-state index contributed by atoms with van der Waals surface area (Å²) in [5.74, 6) is 1.13. The Labute approximate surface area is 166 Å². The predicted molar refractivity (Wildman–Crippen MR) is 107 cm³/mol. The zero-order valence-corrected chi connectivity index (χ0v) is 16.8. The van der Waals surface area contributed by atoms with Crippen LogP contribution < -0.4 is 16.0 Å². The number of guanidine groups is 1. The Balaban J connectivity index is 1.60. The number of anilines is 1. The number of halogens is 3. The molecule has 0 aliphatic carbocycles. The number of alkyl halides is 3. The minimum atomic E-state index is -4.36. The lowest BCUT2D eigenvalue weighted by Gasteiger charge is -2.12. The van der Waals surface area contributed by atoms with Crippen molar-refractivity contribution in [2.24, 2.45) is 4.99 Å². The molecule has 0 saturated carbocycles. The van der Waals surface area contributed by atoms with E-state index in [1.54, 1.807) is 18.4 Å². The number of hydrogen-bond acceptors (Lipinski definition) is 5. The molecule has 28 heavy (non-hydrogen) atoms. The topological polar surface area (TPSA) is 74.2 Å². The number of nitrogens with one attached hydrogen (secondary N) is 3. The quantitative estimate of drug-likeness (QED) is 0.333. The molecule has 0 aliphatic rings. The second-order valence-electron chi connectivity index (χ2n) is 5.96. The van der Waals surface area contributed by atoms with Crippen LogP contribution in [-0.2, 0) is 19.0 Å². The summed E-state index contributed by atoms with van der Waals surface area (Å²) in [7, 11) is 1.71. The Morgan fingerprint density at radius 2 is 1.89 bits per heavy atom. The molecule has 0 amide bonds. The molecule has 0 atom stereocenters. The van der Waals surface area contributed by atoms with Crippen LogP contribution in [0.15, 0.2) is 29.5 Å². The highest BCUT2D eigenvalue weighted by Crippen LogP contribution is 2.28. The molecule has 3 N–H and O–H groups in total. The lowest BCUT2D eigenvalue weighted by molar-refractivity contribution is -0.137. The fourth-order valence-electron chi connectivity index (χ4n) is 2.31. The minimum Gasteiger partial charge on any atom is -0.370 e. The molecule has 6 nitrogen and oxygen atoms in total. The van der Waals surface area contributed by atoms with E-state index in [4.69, 9.17) is 0 Å². The molecule has 0 aliphatic heterocycles. The highest BCUT2D eigenvalue weighted by atomic mass is 32.1. The molecular formula is C18H25F3N6S. The number of aliphatic imine (C=N–C) groups is 1. The van der Waals surface area contributed by atoms with Crippen LogP contribution >= 0.6 is 11.3 Å². The van der Waals surface area contributed by atoms with Gasteiger partial charge in [0.1, 0.15) is 5.82 Å². The molecule has 0 radical (unpaired) electrons. The van der Waals surface area contributed by atoms with Gasteiger partial charge in [-0.05, 0) is 25.0 Å². The van der Waals surface area contributed by atoms with Crippen molar-refractivity contribution in [2.75, 3.05) is 32.0 Å². The molecule has 2 rings (SSSR count). The van der Waals surface area contributed by atoms with Gasteiger partial charge in [0.2, 0.25) is 0 Å². The number of rotatable bonds is 9. The molecule has 0 spiro atoms. The highest BCUT2D eigenvalue weighted by Gasteiger charge is 2.30. The molecule has 154 valence electrons. The van der Waals surface area contributed by atoms with Crippen molar-refractivity contribution in [3.05, 3.63) is 40.0 Å². The number of pyridine rings is 1. The van der Waals surface area contributed by atoms with E-state index < -0.39 is 11.7 Å². The van der Waals surface area contributed by atoms with Gasteiger partial charge in [-0.1, -0.05) is 6.92 Å². The molecule has 0 fully saturated rings. The normalized spacial score (nSPS) is 12.1. The minimum absolute atomic E-state index is 0.422. The van der Waals surface area contributed by atoms with E-state index in [-0.39, 0.29) is 0 Å².